The van der Waals surface area contributed by atoms with Gasteiger partial charge in [0, 0.05) is 12.1 Å². The van der Waals surface area contributed by atoms with Crippen LogP contribution in [0.3, 0.4) is 0 Å². The summed E-state index contributed by atoms with van der Waals surface area (Å²) < 4.78 is 0. The summed E-state index contributed by atoms with van der Waals surface area (Å²) in [6, 6.07) is 0.461. The Balaban J connectivity index is 1.80. The second-order valence-electron chi connectivity index (χ2n) is 5.37. The van der Waals surface area contributed by atoms with Crippen LogP contribution in [0, 0.1) is 11.8 Å². The zero-order chi connectivity index (χ0) is 11.5. The van der Waals surface area contributed by atoms with Crippen molar-refractivity contribution < 1.29 is 4.79 Å². The van der Waals surface area contributed by atoms with E-state index in [0.29, 0.717) is 6.04 Å². The number of rotatable bonds is 2. The number of hydrogen-bond donors (Lipinski definition) is 2. The van der Waals surface area contributed by atoms with Crippen LogP contribution in [0.15, 0.2) is 12.2 Å². The van der Waals surface area contributed by atoms with Gasteiger partial charge in [0.15, 0.2) is 0 Å². The Morgan fingerprint density at radius 3 is 2.75 bits per heavy atom. The van der Waals surface area contributed by atoms with E-state index < -0.39 is 0 Å². The standard InChI is InChI=1S/C13H22N2O/c1-9-3-2-4-12(7-9)15-13(16)10-5-6-11(14)8-10/h5-6,9-12H,2-4,7-8,14H2,1H3,(H,15,16). The van der Waals surface area contributed by atoms with Crippen LogP contribution in [0.2, 0.25) is 0 Å². The molecule has 4 unspecified atom stereocenters. The number of carbonyl (C=O) groups is 1. The predicted octanol–water partition coefficient (Wildman–Crippen LogP) is 1.58. The number of hydrogen-bond acceptors (Lipinski definition) is 2. The minimum Gasteiger partial charge on any atom is -0.353 e. The maximum atomic E-state index is 11.9. The molecule has 16 heavy (non-hydrogen) atoms. The Hall–Kier alpha value is -0.830. The molecule has 0 bridgehead atoms. The summed E-state index contributed by atoms with van der Waals surface area (Å²) in [5, 5.41) is 3.17. The molecule has 0 heterocycles. The molecular weight excluding hydrogens is 200 g/mol. The van der Waals surface area contributed by atoms with Gasteiger partial charge in [-0.05, 0) is 25.2 Å². The molecule has 0 aromatic carbocycles. The van der Waals surface area contributed by atoms with Gasteiger partial charge in [0.2, 0.25) is 5.91 Å². The molecule has 1 fully saturated rings. The van der Waals surface area contributed by atoms with Crippen LogP contribution in [0.1, 0.15) is 39.0 Å². The fraction of sp³-hybridized carbons (Fsp3) is 0.769. The molecule has 2 rings (SSSR count). The first-order chi connectivity index (χ1) is 7.65. The third kappa shape index (κ3) is 2.85. The van der Waals surface area contributed by atoms with E-state index in [9.17, 15) is 4.79 Å². The van der Waals surface area contributed by atoms with Gasteiger partial charge in [-0.2, -0.15) is 0 Å². The highest BCUT2D eigenvalue weighted by Crippen LogP contribution is 2.24. The Kier molecular flexibility index (Phi) is 3.64. The van der Waals surface area contributed by atoms with Crippen molar-refractivity contribution in [3.8, 4) is 0 Å². The van der Waals surface area contributed by atoms with Crippen LogP contribution < -0.4 is 11.1 Å². The van der Waals surface area contributed by atoms with E-state index in [1.54, 1.807) is 0 Å². The summed E-state index contributed by atoms with van der Waals surface area (Å²) >= 11 is 0. The maximum absolute atomic E-state index is 11.9. The maximum Gasteiger partial charge on any atom is 0.227 e. The Morgan fingerprint density at radius 1 is 1.31 bits per heavy atom. The van der Waals surface area contributed by atoms with E-state index in [2.05, 4.69) is 12.2 Å². The van der Waals surface area contributed by atoms with Crippen molar-refractivity contribution in [1.29, 1.82) is 0 Å². The largest absolute Gasteiger partial charge is 0.353 e. The first-order valence-electron chi connectivity index (χ1n) is 6.39. The Morgan fingerprint density at radius 2 is 2.12 bits per heavy atom. The van der Waals surface area contributed by atoms with Gasteiger partial charge in [0.1, 0.15) is 0 Å². The average Bonchev–Trinajstić information content (AvgIpc) is 2.65. The van der Waals surface area contributed by atoms with Crippen LogP contribution in [0.25, 0.3) is 0 Å². The average molecular weight is 222 g/mol. The van der Waals surface area contributed by atoms with Gasteiger partial charge in [-0.3, -0.25) is 4.79 Å². The van der Waals surface area contributed by atoms with Crippen molar-refractivity contribution in [3.05, 3.63) is 12.2 Å². The lowest BCUT2D eigenvalue weighted by Crippen LogP contribution is -2.41. The molecule has 3 N–H and O–H groups in total. The third-order valence-electron chi connectivity index (χ3n) is 3.74. The van der Waals surface area contributed by atoms with E-state index in [0.717, 1.165) is 25.2 Å². The molecule has 1 amide bonds. The normalized spacial score (nSPS) is 38.6. The number of amides is 1. The van der Waals surface area contributed by atoms with E-state index in [-0.39, 0.29) is 17.9 Å². The van der Waals surface area contributed by atoms with Gasteiger partial charge in [-0.15, -0.1) is 0 Å². The molecule has 3 nitrogen and oxygen atoms in total. The second-order valence-corrected chi connectivity index (χ2v) is 5.37. The molecule has 4 atom stereocenters. The summed E-state index contributed by atoms with van der Waals surface area (Å²) in [5.74, 6) is 0.927. The van der Waals surface area contributed by atoms with Gasteiger partial charge in [0.25, 0.3) is 0 Å². The lowest BCUT2D eigenvalue weighted by atomic mass is 9.87. The first kappa shape index (κ1) is 11.6. The molecule has 2 aliphatic carbocycles. The van der Waals surface area contributed by atoms with Gasteiger partial charge >= 0.3 is 0 Å². The monoisotopic (exact) mass is 222 g/mol. The van der Waals surface area contributed by atoms with Crippen LogP contribution in [-0.4, -0.2) is 18.0 Å². The summed E-state index contributed by atoms with van der Waals surface area (Å²) in [4.78, 5) is 11.9. The second kappa shape index (κ2) is 5.00. The molecule has 0 saturated heterocycles. The van der Waals surface area contributed by atoms with Crippen molar-refractivity contribution >= 4 is 5.91 Å². The van der Waals surface area contributed by atoms with Crippen LogP contribution in [0.4, 0.5) is 0 Å². The molecule has 3 heteroatoms. The zero-order valence-electron chi connectivity index (χ0n) is 9.99. The van der Waals surface area contributed by atoms with Crippen molar-refractivity contribution in [2.24, 2.45) is 17.6 Å². The SMILES string of the molecule is CC1CCCC(NC(=O)C2C=CC(N)C2)C1. The molecule has 0 radical (unpaired) electrons. The molecule has 0 aromatic heterocycles. The van der Waals surface area contributed by atoms with Gasteiger partial charge in [0.05, 0.1) is 5.92 Å². The molecule has 0 aromatic rings. The first-order valence-corrected chi connectivity index (χ1v) is 6.39. The van der Waals surface area contributed by atoms with E-state index in [1.165, 1.54) is 12.8 Å². The van der Waals surface area contributed by atoms with Gasteiger partial charge in [-0.25, -0.2) is 0 Å². The zero-order valence-corrected chi connectivity index (χ0v) is 9.99. The third-order valence-corrected chi connectivity index (χ3v) is 3.74. The molecular formula is C13H22N2O. The van der Waals surface area contributed by atoms with Gasteiger partial charge < -0.3 is 11.1 Å². The number of nitrogens with two attached hydrogens (primary N) is 1. The van der Waals surface area contributed by atoms with Gasteiger partial charge in [-0.1, -0.05) is 31.9 Å². The van der Waals surface area contributed by atoms with Crippen LogP contribution >= 0.6 is 0 Å². The summed E-state index contributed by atoms with van der Waals surface area (Å²) in [7, 11) is 0. The molecule has 0 spiro atoms. The lowest BCUT2D eigenvalue weighted by molar-refractivity contribution is -0.124. The minimum absolute atomic E-state index is 0.00670. The van der Waals surface area contributed by atoms with Crippen molar-refractivity contribution in [2.45, 2.75) is 51.1 Å². The fourth-order valence-corrected chi connectivity index (χ4v) is 2.80. The predicted molar refractivity (Wildman–Crippen MR) is 64.8 cm³/mol. The Bertz CT molecular complexity index is 288. The number of carbonyl (C=O) groups excluding carboxylic acids is 1. The smallest absolute Gasteiger partial charge is 0.227 e. The highest BCUT2D eigenvalue weighted by Gasteiger charge is 2.26. The number of nitrogens with one attached hydrogen (secondary N) is 1. The quantitative estimate of drug-likeness (QED) is 0.697. The minimum atomic E-state index is 0.00670. The van der Waals surface area contributed by atoms with Crippen molar-refractivity contribution in [3.63, 3.8) is 0 Å². The fourth-order valence-electron chi connectivity index (χ4n) is 2.80. The molecule has 1 saturated carbocycles. The summed E-state index contributed by atoms with van der Waals surface area (Å²) in [5.41, 5.74) is 5.75. The van der Waals surface area contributed by atoms with E-state index >= 15 is 0 Å². The molecule has 90 valence electrons. The van der Waals surface area contributed by atoms with E-state index in [4.69, 9.17) is 5.73 Å². The van der Waals surface area contributed by atoms with Crippen molar-refractivity contribution in [1.82, 2.24) is 5.32 Å². The summed E-state index contributed by atoms with van der Waals surface area (Å²) in [6.45, 7) is 2.27. The molecule has 0 aliphatic heterocycles. The van der Waals surface area contributed by atoms with E-state index in [1.807, 2.05) is 12.2 Å². The van der Waals surface area contributed by atoms with Crippen molar-refractivity contribution in [2.75, 3.05) is 0 Å². The highest BCUT2D eigenvalue weighted by molar-refractivity contribution is 5.81. The van der Waals surface area contributed by atoms with Crippen LogP contribution in [0.5, 0.6) is 0 Å². The van der Waals surface area contributed by atoms with Crippen LogP contribution in [-0.2, 0) is 4.79 Å². The summed E-state index contributed by atoms with van der Waals surface area (Å²) in [6.07, 6.45) is 9.48. The topological polar surface area (TPSA) is 55.1 Å². The molecule has 2 aliphatic rings. The highest BCUT2D eigenvalue weighted by atomic mass is 16.1. The Labute approximate surface area is 97.5 Å². The lowest BCUT2D eigenvalue weighted by Gasteiger charge is -2.28.